The molecular formula is C13H16N2O. The zero-order valence-corrected chi connectivity index (χ0v) is 9.87. The van der Waals surface area contributed by atoms with Gasteiger partial charge in [-0.05, 0) is 12.1 Å². The van der Waals surface area contributed by atoms with Gasteiger partial charge in [-0.25, -0.2) is 0 Å². The van der Waals surface area contributed by atoms with Crippen LogP contribution in [-0.2, 0) is 0 Å². The normalized spacial score (nSPS) is 10.7. The summed E-state index contributed by atoms with van der Waals surface area (Å²) in [5.74, 6) is 0.184. The van der Waals surface area contributed by atoms with Crippen LogP contribution in [0, 0.1) is 0 Å². The van der Waals surface area contributed by atoms with Gasteiger partial charge in [0.1, 0.15) is 0 Å². The number of nitrogens with zero attached hydrogens (tertiary/aromatic N) is 1. The third-order valence-electron chi connectivity index (χ3n) is 2.80. The van der Waals surface area contributed by atoms with E-state index in [1.54, 1.807) is 6.20 Å². The standard InChI is InChI=1S/C13H16N2O/c1-4-13(16)11-8-14-12-7-9(15(2)3)5-6-10(11)12/h5-8,14H,4H2,1-3H3. The molecule has 3 nitrogen and oxygen atoms in total. The summed E-state index contributed by atoms with van der Waals surface area (Å²) >= 11 is 0. The zero-order chi connectivity index (χ0) is 11.7. The Morgan fingerprint density at radius 2 is 2.12 bits per heavy atom. The molecule has 0 fully saturated rings. The lowest BCUT2D eigenvalue weighted by Gasteiger charge is -2.11. The van der Waals surface area contributed by atoms with E-state index in [1.165, 1.54) is 0 Å². The van der Waals surface area contributed by atoms with Gasteiger partial charge in [0, 0.05) is 48.9 Å². The monoisotopic (exact) mass is 216 g/mol. The van der Waals surface area contributed by atoms with Gasteiger partial charge in [0.15, 0.2) is 5.78 Å². The number of hydrogen-bond acceptors (Lipinski definition) is 2. The molecule has 1 heterocycles. The molecule has 0 radical (unpaired) electrons. The summed E-state index contributed by atoms with van der Waals surface area (Å²) in [6.45, 7) is 1.88. The van der Waals surface area contributed by atoms with Crippen LogP contribution in [-0.4, -0.2) is 24.9 Å². The fourth-order valence-electron chi connectivity index (χ4n) is 1.81. The van der Waals surface area contributed by atoms with E-state index < -0.39 is 0 Å². The second-order valence-corrected chi connectivity index (χ2v) is 4.10. The van der Waals surface area contributed by atoms with E-state index in [9.17, 15) is 4.79 Å². The fraction of sp³-hybridized carbons (Fsp3) is 0.308. The minimum atomic E-state index is 0.184. The van der Waals surface area contributed by atoms with E-state index >= 15 is 0 Å². The summed E-state index contributed by atoms with van der Waals surface area (Å²) in [5, 5.41) is 1.01. The number of carbonyl (C=O) groups is 1. The first-order chi connectivity index (χ1) is 7.63. The lowest BCUT2D eigenvalue weighted by Crippen LogP contribution is -2.08. The van der Waals surface area contributed by atoms with Crippen molar-refractivity contribution in [3.63, 3.8) is 0 Å². The largest absolute Gasteiger partial charge is 0.378 e. The molecule has 0 saturated heterocycles. The molecular weight excluding hydrogens is 200 g/mol. The molecule has 0 saturated carbocycles. The molecule has 0 unspecified atom stereocenters. The van der Waals surface area contributed by atoms with E-state index in [1.807, 2.05) is 38.1 Å². The number of ketones is 1. The summed E-state index contributed by atoms with van der Waals surface area (Å²) in [6, 6.07) is 6.09. The minimum absolute atomic E-state index is 0.184. The maximum absolute atomic E-state index is 11.7. The molecule has 0 atom stereocenters. The van der Waals surface area contributed by atoms with Crippen LogP contribution in [0.3, 0.4) is 0 Å². The van der Waals surface area contributed by atoms with Crippen molar-refractivity contribution in [1.29, 1.82) is 0 Å². The number of rotatable bonds is 3. The molecule has 84 valence electrons. The highest BCUT2D eigenvalue weighted by Crippen LogP contribution is 2.24. The smallest absolute Gasteiger partial charge is 0.164 e. The molecule has 2 aromatic rings. The van der Waals surface area contributed by atoms with Gasteiger partial charge in [0.05, 0.1) is 0 Å². The Morgan fingerprint density at radius 3 is 2.75 bits per heavy atom. The average molecular weight is 216 g/mol. The van der Waals surface area contributed by atoms with Gasteiger partial charge in [-0.3, -0.25) is 4.79 Å². The second-order valence-electron chi connectivity index (χ2n) is 4.10. The molecule has 1 aromatic heterocycles. The number of Topliss-reactive ketones (excluding diaryl/α,β-unsaturated/α-hetero) is 1. The quantitative estimate of drug-likeness (QED) is 0.801. The van der Waals surface area contributed by atoms with Crippen molar-refractivity contribution in [1.82, 2.24) is 4.98 Å². The molecule has 0 spiro atoms. The van der Waals surface area contributed by atoms with E-state index in [4.69, 9.17) is 0 Å². The van der Waals surface area contributed by atoms with Crippen molar-refractivity contribution in [3.8, 4) is 0 Å². The first-order valence-electron chi connectivity index (χ1n) is 5.45. The van der Waals surface area contributed by atoms with E-state index in [0.29, 0.717) is 6.42 Å². The second kappa shape index (κ2) is 4.00. The van der Waals surface area contributed by atoms with Crippen molar-refractivity contribution in [2.45, 2.75) is 13.3 Å². The highest BCUT2D eigenvalue weighted by Gasteiger charge is 2.10. The average Bonchev–Trinajstić information content (AvgIpc) is 2.70. The Labute approximate surface area is 95.1 Å². The molecule has 0 amide bonds. The highest BCUT2D eigenvalue weighted by atomic mass is 16.1. The predicted octanol–water partition coefficient (Wildman–Crippen LogP) is 2.83. The van der Waals surface area contributed by atoms with Crippen LogP contribution >= 0.6 is 0 Å². The van der Waals surface area contributed by atoms with Crippen LogP contribution in [0.15, 0.2) is 24.4 Å². The van der Waals surface area contributed by atoms with Gasteiger partial charge in [-0.2, -0.15) is 0 Å². The number of nitrogens with one attached hydrogen (secondary N) is 1. The lowest BCUT2D eigenvalue weighted by atomic mass is 10.1. The Bertz CT molecular complexity index is 526. The summed E-state index contributed by atoms with van der Waals surface area (Å²) in [6.07, 6.45) is 2.35. The van der Waals surface area contributed by atoms with Gasteiger partial charge in [0.25, 0.3) is 0 Å². The summed E-state index contributed by atoms with van der Waals surface area (Å²) in [7, 11) is 4.00. The molecule has 0 bridgehead atoms. The summed E-state index contributed by atoms with van der Waals surface area (Å²) < 4.78 is 0. The SMILES string of the molecule is CCC(=O)c1c[nH]c2cc(N(C)C)ccc12. The summed E-state index contributed by atoms with van der Waals surface area (Å²) in [5.41, 5.74) is 2.94. The zero-order valence-electron chi connectivity index (χ0n) is 9.87. The predicted molar refractivity (Wildman–Crippen MR) is 67.2 cm³/mol. The van der Waals surface area contributed by atoms with Crippen LogP contribution in [0.25, 0.3) is 10.9 Å². The molecule has 2 rings (SSSR count). The van der Waals surface area contributed by atoms with E-state index in [2.05, 4.69) is 11.1 Å². The molecule has 16 heavy (non-hydrogen) atoms. The number of fused-ring (bicyclic) bond motifs is 1. The lowest BCUT2D eigenvalue weighted by molar-refractivity contribution is 0.0990. The fourth-order valence-corrected chi connectivity index (χ4v) is 1.81. The first kappa shape index (κ1) is 10.7. The number of carbonyl (C=O) groups excluding carboxylic acids is 1. The van der Waals surface area contributed by atoms with Crippen LogP contribution in [0.4, 0.5) is 5.69 Å². The van der Waals surface area contributed by atoms with Crippen molar-refractivity contribution in [2.75, 3.05) is 19.0 Å². The van der Waals surface area contributed by atoms with E-state index in [-0.39, 0.29) is 5.78 Å². The van der Waals surface area contributed by atoms with Crippen molar-refractivity contribution < 1.29 is 4.79 Å². The molecule has 1 aromatic carbocycles. The number of benzene rings is 1. The Hall–Kier alpha value is -1.77. The first-order valence-corrected chi connectivity index (χ1v) is 5.45. The third kappa shape index (κ3) is 1.69. The Morgan fingerprint density at radius 1 is 1.38 bits per heavy atom. The van der Waals surface area contributed by atoms with Crippen molar-refractivity contribution in [2.24, 2.45) is 0 Å². The minimum Gasteiger partial charge on any atom is -0.378 e. The maximum atomic E-state index is 11.7. The number of hydrogen-bond donors (Lipinski definition) is 1. The van der Waals surface area contributed by atoms with E-state index in [0.717, 1.165) is 22.2 Å². The van der Waals surface area contributed by atoms with Gasteiger partial charge in [0.2, 0.25) is 0 Å². The van der Waals surface area contributed by atoms with Crippen LogP contribution in [0.2, 0.25) is 0 Å². The van der Waals surface area contributed by atoms with Crippen LogP contribution in [0.5, 0.6) is 0 Å². The van der Waals surface area contributed by atoms with Gasteiger partial charge >= 0.3 is 0 Å². The van der Waals surface area contributed by atoms with Crippen LogP contribution < -0.4 is 4.90 Å². The molecule has 3 heteroatoms. The maximum Gasteiger partial charge on any atom is 0.164 e. The molecule has 0 aliphatic rings. The summed E-state index contributed by atoms with van der Waals surface area (Å²) in [4.78, 5) is 16.9. The number of anilines is 1. The third-order valence-corrected chi connectivity index (χ3v) is 2.80. The van der Waals surface area contributed by atoms with Gasteiger partial charge < -0.3 is 9.88 Å². The van der Waals surface area contributed by atoms with Gasteiger partial charge in [-0.15, -0.1) is 0 Å². The van der Waals surface area contributed by atoms with Crippen molar-refractivity contribution >= 4 is 22.4 Å². The Kier molecular flexibility index (Phi) is 2.69. The Balaban J connectivity index is 2.54. The van der Waals surface area contributed by atoms with Crippen molar-refractivity contribution in [3.05, 3.63) is 30.0 Å². The number of H-pyrrole nitrogens is 1. The molecule has 0 aliphatic heterocycles. The number of aromatic nitrogens is 1. The highest BCUT2D eigenvalue weighted by molar-refractivity contribution is 6.08. The van der Waals surface area contributed by atoms with Crippen LogP contribution in [0.1, 0.15) is 23.7 Å². The molecule has 0 aliphatic carbocycles. The number of aromatic amines is 1. The molecule has 1 N–H and O–H groups in total. The topological polar surface area (TPSA) is 36.1 Å². The van der Waals surface area contributed by atoms with Gasteiger partial charge in [-0.1, -0.05) is 13.0 Å².